The van der Waals surface area contributed by atoms with Crippen LogP contribution in [0, 0.1) is 0 Å². The summed E-state index contributed by atoms with van der Waals surface area (Å²) in [7, 11) is -0.356. The van der Waals surface area contributed by atoms with Crippen LogP contribution in [-0.2, 0) is 15.7 Å². The van der Waals surface area contributed by atoms with Gasteiger partial charge in [-0.1, -0.05) is 55.8 Å². The number of unbranched alkanes of at least 4 members (excludes halogenated alkanes) is 1. The van der Waals surface area contributed by atoms with Gasteiger partial charge < -0.3 is 9.31 Å². The van der Waals surface area contributed by atoms with E-state index in [1.165, 1.54) is 39.9 Å². The lowest BCUT2D eigenvalue weighted by Gasteiger charge is -2.32. The number of rotatable bonds is 4. The van der Waals surface area contributed by atoms with Crippen molar-refractivity contribution >= 4 is 34.1 Å². The Morgan fingerprint density at radius 1 is 0.815 bits per heavy atom. The summed E-state index contributed by atoms with van der Waals surface area (Å²) in [6, 6.07) is 17.7. The molecule has 0 N–H and O–H groups in total. The Bertz CT molecular complexity index is 974. The SMILES string of the molecule is CCCCc1ccc2c(B3OC(C)(C)C(C)(C)O3)c3ccccc3cc2c1. The molecule has 0 bridgehead atoms. The fraction of sp³-hybridized carbons (Fsp3) is 0.417. The van der Waals surface area contributed by atoms with Gasteiger partial charge in [-0.25, -0.2) is 0 Å². The molecule has 0 spiro atoms. The Morgan fingerprint density at radius 3 is 2.19 bits per heavy atom. The lowest BCUT2D eigenvalue weighted by Crippen LogP contribution is -2.41. The molecule has 0 aliphatic carbocycles. The summed E-state index contributed by atoms with van der Waals surface area (Å²) < 4.78 is 12.9. The van der Waals surface area contributed by atoms with Crippen molar-refractivity contribution in [3.63, 3.8) is 0 Å². The second-order valence-corrected chi connectivity index (χ2v) is 8.76. The summed E-state index contributed by atoms with van der Waals surface area (Å²) in [6.07, 6.45) is 3.57. The van der Waals surface area contributed by atoms with Gasteiger partial charge in [0, 0.05) is 0 Å². The maximum absolute atomic E-state index is 6.44. The predicted molar refractivity (Wildman–Crippen MR) is 116 cm³/mol. The average molecular weight is 360 g/mol. The minimum atomic E-state index is -0.356. The van der Waals surface area contributed by atoms with Crippen LogP contribution in [0.2, 0.25) is 0 Å². The van der Waals surface area contributed by atoms with E-state index in [9.17, 15) is 0 Å². The summed E-state index contributed by atoms with van der Waals surface area (Å²) in [5, 5.41) is 4.95. The van der Waals surface area contributed by atoms with Crippen LogP contribution in [0.25, 0.3) is 21.5 Å². The lowest BCUT2D eigenvalue weighted by molar-refractivity contribution is 0.00578. The molecular weight excluding hydrogens is 331 g/mol. The van der Waals surface area contributed by atoms with E-state index < -0.39 is 0 Å². The van der Waals surface area contributed by atoms with Crippen molar-refractivity contribution in [2.24, 2.45) is 0 Å². The third-order valence-electron chi connectivity index (χ3n) is 6.28. The topological polar surface area (TPSA) is 18.5 Å². The number of hydrogen-bond donors (Lipinski definition) is 0. The van der Waals surface area contributed by atoms with E-state index >= 15 is 0 Å². The Balaban J connectivity index is 1.91. The zero-order valence-electron chi connectivity index (χ0n) is 17.1. The van der Waals surface area contributed by atoms with Crippen LogP contribution < -0.4 is 5.46 Å². The molecule has 0 unspecified atom stereocenters. The average Bonchev–Trinajstić information content (AvgIpc) is 2.84. The fourth-order valence-electron chi connectivity index (χ4n) is 3.91. The van der Waals surface area contributed by atoms with E-state index in [1.807, 2.05) is 0 Å². The highest BCUT2D eigenvalue weighted by Gasteiger charge is 2.52. The van der Waals surface area contributed by atoms with E-state index in [2.05, 4.69) is 83.1 Å². The van der Waals surface area contributed by atoms with E-state index in [-0.39, 0.29) is 18.3 Å². The smallest absolute Gasteiger partial charge is 0.399 e. The molecule has 2 nitrogen and oxygen atoms in total. The first-order valence-electron chi connectivity index (χ1n) is 10.1. The van der Waals surface area contributed by atoms with Gasteiger partial charge in [0.15, 0.2) is 0 Å². The first-order chi connectivity index (χ1) is 12.8. The van der Waals surface area contributed by atoms with Gasteiger partial charge in [-0.2, -0.15) is 0 Å². The zero-order valence-corrected chi connectivity index (χ0v) is 17.1. The number of benzene rings is 3. The van der Waals surface area contributed by atoms with Crippen LogP contribution in [-0.4, -0.2) is 18.3 Å². The summed E-state index contributed by atoms with van der Waals surface area (Å²) in [5.74, 6) is 0. The van der Waals surface area contributed by atoms with Crippen molar-refractivity contribution in [2.75, 3.05) is 0 Å². The van der Waals surface area contributed by atoms with E-state index in [0.29, 0.717) is 0 Å². The Kier molecular flexibility index (Phi) is 4.56. The van der Waals surface area contributed by atoms with Crippen LogP contribution in [0.1, 0.15) is 53.0 Å². The maximum atomic E-state index is 6.44. The van der Waals surface area contributed by atoms with Crippen LogP contribution >= 0.6 is 0 Å². The second-order valence-electron chi connectivity index (χ2n) is 8.76. The van der Waals surface area contributed by atoms with Gasteiger partial charge in [0.25, 0.3) is 0 Å². The van der Waals surface area contributed by atoms with Gasteiger partial charge in [0.1, 0.15) is 0 Å². The molecule has 3 heteroatoms. The summed E-state index contributed by atoms with van der Waals surface area (Å²) in [5.41, 5.74) is 1.87. The first kappa shape index (κ1) is 18.5. The van der Waals surface area contributed by atoms with Crippen LogP contribution in [0.4, 0.5) is 0 Å². The van der Waals surface area contributed by atoms with Crippen LogP contribution in [0.3, 0.4) is 0 Å². The van der Waals surface area contributed by atoms with Crippen molar-refractivity contribution in [2.45, 2.75) is 65.1 Å². The highest BCUT2D eigenvalue weighted by atomic mass is 16.7. The fourth-order valence-corrected chi connectivity index (χ4v) is 3.91. The maximum Gasteiger partial charge on any atom is 0.496 e. The minimum absolute atomic E-state index is 0.345. The molecule has 1 saturated heterocycles. The van der Waals surface area contributed by atoms with E-state index in [4.69, 9.17) is 9.31 Å². The number of hydrogen-bond acceptors (Lipinski definition) is 2. The molecule has 3 aromatic carbocycles. The Hall–Kier alpha value is -1.84. The summed E-state index contributed by atoms with van der Waals surface area (Å²) in [4.78, 5) is 0. The molecule has 0 atom stereocenters. The normalized spacial score (nSPS) is 18.5. The molecule has 0 aromatic heterocycles. The third kappa shape index (κ3) is 3.17. The molecule has 1 heterocycles. The van der Waals surface area contributed by atoms with E-state index in [0.717, 1.165) is 11.9 Å². The molecule has 0 amide bonds. The molecule has 140 valence electrons. The molecule has 0 saturated carbocycles. The number of fused-ring (bicyclic) bond motifs is 2. The first-order valence-corrected chi connectivity index (χ1v) is 10.1. The Labute approximate surface area is 163 Å². The zero-order chi connectivity index (χ0) is 19.2. The van der Waals surface area contributed by atoms with Crippen molar-refractivity contribution in [3.05, 3.63) is 54.1 Å². The predicted octanol–water partition coefficient (Wildman–Crippen LogP) is 5.63. The lowest BCUT2D eigenvalue weighted by atomic mass is 9.73. The quantitative estimate of drug-likeness (QED) is 0.443. The van der Waals surface area contributed by atoms with Crippen LogP contribution in [0.5, 0.6) is 0 Å². The molecular formula is C24H29BO2. The standard InChI is InChI=1S/C24H29BO2/c1-6-7-10-17-13-14-21-19(15-17)16-18-11-8-9-12-20(18)22(21)25-26-23(2,3)24(4,5)27-25/h8-9,11-16H,6-7,10H2,1-5H3. The molecule has 1 aliphatic rings. The van der Waals surface area contributed by atoms with Crippen molar-refractivity contribution in [1.82, 2.24) is 0 Å². The van der Waals surface area contributed by atoms with Crippen molar-refractivity contribution < 1.29 is 9.31 Å². The molecule has 3 aromatic rings. The van der Waals surface area contributed by atoms with Crippen LogP contribution in [0.15, 0.2) is 48.5 Å². The molecule has 1 fully saturated rings. The monoisotopic (exact) mass is 360 g/mol. The second kappa shape index (κ2) is 6.65. The van der Waals surface area contributed by atoms with E-state index in [1.54, 1.807) is 0 Å². The number of aryl methyl sites for hydroxylation is 1. The molecule has 1 aliphatic heterocycles. The minimum Gasteiger partial charge on any atom is -0.399 e. The van der Waals surface area contributed by atoms with Gasteiger partial charge >= 0.3 is 7.12 Å². The van der Waals surface area contributed by atoms with Crippen molar-refractivity contribution in [1.29, 1.82) is 0 Å². The summed E-state index contributed by atoms with van der Waals surface area (Å²) >= 11 is 0. The molecule has 27 heavy (non-hydrogen) atoms. The van der Waals surface area contributed by atoms with Gasteiger partial charge in [0.2, 0.25) is 0 Å². The Morgan fingerprint density at radius 2 is 1.48 bits per heavy atom. The third-order valence-corrected chi connectivity index (χ3v) is 6.28. The molecule has 4 rings (SSSR count). The van der Waals surface area contributed by atoms with Gasteiger partial charge in [0.05, 0.1) is 11.2 Å². The van der Waals surface area contributed by atoms with Gasteiger partial charge in [-0.3, -0.25) is 0 Å². The highest BCUT2D eigenvalue weighted by Crippen LogP contribution is 2.38. The van der Waals surface area contributed by atoms with Gasteiger partial charge in [-0.15, -0.1) is 0 Å². The molecule has 0 radical (unpaired) electrons. The largest absolute Gasteiger partial charge is 0.496 e. The van der Waals surface area contributed by atoms with Gasteiger partial charge in [-0.05, 0) is 79.2 Å². The highest BCUT2D eigenvalue weighted by molar-refractivity contribution is 6.68. The summed E-state index contributed by atoms with van der Waals surface area (Å²) in [6.45, 7) is 10.7. The van der Waals surface area contributed by atoms with Crippen molar-refractivity contribution in [3.8, 4) is 0 Å².